The van der Waals surface area contributed by atoms with E-state index in [1.54, 1.807) is 12.1 Å². The van der Waals surface area contributed by atoms with Crippen molar-refractivity contribution in [3.63, 3.8) is 0 Å². The smallest absolute Gasteiger partial charge is 0.143 e. The molecule has 0 bridgehead atoms. The van der Waals surface area contributed by atoms with Crippen molar-refractivity contribution in [3.8, 4) is 6.07 Å². The van der Waals surface area contributed by atoms with E-state index in [1.165, 1.54) is 19.2 Å². The SMILES string of the molecule is COCC(O)CCNc1cccc(F)c1C#N. The number of nitrogens with zero attached hydrogens (tertiary/aromatic N) is 1. The highest BCUT2D eigenvalue weighted by Crippen LogP contribution is 2.17. The maximum absolute atomic E-state index is 13.2. The third-order valence-electron chi connectivity index (χ3n) is 2.28. The van der Waals surface area contributed by atoms with Crippen LogP contribution in [-0.2, 0) is 4.74 Å². The van der Waals surface area contributed by atoms with Crippen molar-refractivity contribution >= 4 is 5.69 Å². The first kappa shape index (κ1) is 13.4. The minimum atomic E-state index is -0.563. The zero-order chi connectivity index (χ0) is 12.7. The lowest BCUT2D eigenvalue weighted by atomic mass is 10.1. The molecule has 0 fully saturated rings. The van der Waals surface area contributed by atoms with Crippen LogP contribution >= 0.6 is 0 Å². The van der Waals surface area contributed by atoms with E-state index < -0.39 is 11.9 Å². The van der Waals surface area contributed by atoms with Crippen molar-refractivity contribution in [2.24, 2.45) is 0 Å². The van der Waals surface area contributed by atoms with Crippen LogP contribution in [0.25, 0.3) is 0 Å². The number of halogens is 1. The molecule has 0 aromatic heterocycles. The second-order valence-corrected chi connectivity index (χ2v) is 3.60. The molecule has 0 amide bonds. The van der Waals surface area contributed by atoms with E-state index in [4.69, 9.17) is 10.00 Å². The van der Waals surface area contributed by atoms with Crippen LogP contribution in [0.15, 0.2) is 18.2 Å². The molecular formula is C12H15FN2O2. The fourth-order valence-corrected chi connectivity index (χ4v) is 1.43. The summed E-state index contributed by atoms with van der Waals surface area (Å²) in [5.41, 5.74) is 0.436. The molecule has 0 saturated carbocycles. The second-order valence-electron chi connectivity index (χ2n) is 3.60. The maximum atomic E-state index is 13.2. The molecule has 5 heteroatoms. The Hall–Kier alpha value is -1.64. The molecule has 4 nitrogen and oxygen atoms in total. The first-order valence-electron chi connectivity index (χ1n) is 5.28. The van der Waals surface area contributed by atoms with Crippen molar-refractivity contribution in [1.29, 1.82) is 5.26 Å². The van der Waals surface area contributed by atoms with E-state index in [0.717, 1.165) is 0 Å². The zero-order valence-corrected chi connectivity index (χ0v) is 9.61. The van der Waals surface area contributed by atoms with Gasteiger partial charge in [-0.05, 0) is 18.6 Å². The molecular weight excluding hydrogens is 223 g/mol. The van der Waals surface area contributed by atoms with Crippen LogP contribution in [0, 0.1) is 17.1 Å². The lowest BCUT2D eigenvalue weighted by Crippen LogP contribution is -2.18. The van der Waals surface area contributed by atoms with Crippen molar-refractivity contribution in [2.45, 2.75) is 12.5 Å². The van der Waals surface area contributed by atoms with Crippen LogP contribution in [-0.4, -0.2) is 31.5 Å². The largest absolute Gasteiger partial charge is 0.391 e. The highest BCUT2D eigenvalue weighted by molar-refractivity contribution is 5.57. The zero-order valence-electron chi connectivity index (χ0n) is 9.61. The molecule has 0 saturated heterocycles. The number of hydrogen-bond donors (Lipinski definition) is 2. The van der Waals surface area contributed by atoms with Crippen LogP contribution in [0.1, 0.15) is 12.0 Å². The van der Waals surface area contributed by atoms with Gasteiger partial charge in [0.05, 0.1) is 18.4 Å². The fraction of sp³-hybridized carbons (Fsp3) is 0.417. The van der Waals surface area contributed by atoms with Crippen molar-refractivity contribution < 1.29 is 14.2 Å². The van der Waals surface area contributed by atoms with Gasteiger partial charge in [-0.1, -0.05) is 6.07 Å². The number of ether oxygens (including phenoxy) is 1. The van der Waals surface area contributed by atoms with Crippen molar-refractivity contribution in [2.75, 3.05) is 25.6 Å². The Bertz CT molecular complexity index is 404. The summed E-state index contributed by atoms with van der Waals surface area (Å²) in [7, 11) is 1.51. The molecule has 1 aromatic rings. The summed E-state index contributed by atoms with van der Waals surface area (Å²) in [6.45, 7) is 0.707. The third-order valence-corrected chi connectivity index (χ3v) is 2.28. The number of nitrogens with one attached hydrogen (secondary N) is 1. The maximum Gasteiger partial charge on any atom is 0.143 e. The normalized spacial score (nSPS) is 11.9. The number of hydrogen-bond acceptors (Lipinski definition) is 4. The Morgan fingerprint density at radius 3 is 3.00 bits per heavy atom. The molecule has 1 aromatic carbocycles. The summed E-state index contributed by atoms with van der Waals surface area (Å²) >= 11 is 0. The molecule has 1 rings (SSSR count). The fourth-order valence-electron chi connectivity index (χ4n) is 1.43. The van der Waals surface area contributed by atoms with Crippen molar-refractivity contribution in [1.82, 2.24) is 0 Å². The highest BCUT2D eigenvalue weighted by Gasteiger charge is 2.08. The first-order valence-corrected chi connectivity index (χ1v) is 5.28. The monoisotopic (exact) mass is 238 g/mol. The predicted octanol–water partition coefficient (Wildman–Crippen LogP) is 1.51. The lowest BCUT2D eigenvalue weighted by Gasteiger charge is -2.11. The summed E-state index contributed by atoms with van der Waals surface area (Å²) in [6.07, 6.45) is -0.0959. The Balaban J connectivity index is 2.53. The van der Waals surface area contributed by atoms with E-state index in [-0.39, 0.29) is 12.2 Å². The molecule has 0 aliphatic carbocycles. The predicted molar refractivity (Wildman–Crippen MR) is 62.1 cm³/mol. The average molecular weight is 238 g/mol. The average Bonchev–Trinajstić information content (AvgIpc) is 2.29. The number of rotatable bonds is 6. The van der Waals surface area contributed by atoms with Gasteiger partial charge in [-0.25, -0.2) is 4.39 Å². The minimum Gasteiger partial charge on any atom is -0.391 e. The Kier molecular flexibility index (Phi) is 5.40. The number of aliphatic hydroxyl groups is 1. The molecule has 1 atom stereocenters. The van der Waals surface area contributed by atoms with Crippen LogP contribution in [0.4, 0.5) is 10.1 Å². The van der Waals surface area contributed by atoms with Gasteiger partial charge in [-0.3, -0.25) is 0 Å². The number of aliphatic hydroxyl groups excluding tert-OH is 1. The Labute approximate surface area is 99.6 Å². The lowest BCUT2D eigenvalue weighted by molar-refractivity contribution is 0.0615. The summed E-state index contributed by atoms with van der Waals surface area (Å²) in [5, 5.41) is 21.1. The molecule has 92 valence electrons. The molecule has 0 aliphatic rings. The summed E-state index contributed by atoms with van der Waals surface area (Å²) in [5.74, 6) is -0.546. The van der Waals surface area contributed by atoms with Gasteiger partial charge in [0.25, 0.3) is 0 Å². The van der Waals surface area contributed by atoms with Gasteiger partial charge in [-0.2, -0.15) is 5.26 Å². The van der Waals surface area contributed by atoms with Gasteiger partial charge in [0.2, 0.25) is 0 Å². The standard InChI is InChI=1S/C12H15FN2O2/c1-17-8-9(16)5-6-15-12-4-2-3-11(13)10(12)7-14/h2-4,9,15-16H,5-6,8H2,1H3. The van der Waals surface area contributed by atoms with Gasteiger partial charge in [0.15, 0.2) is 0 Å². The van der Waals surface area contributed by atoms with E-state index in [9.17, 15) is 9.50 Å². The van der Waals surface area contributed by atoms with E-state index in [2.05, 4.69) is 5.32 Å². The molecule has 2 N–H and O–H groups in total. The molecule has 17 heavy (non-hydrogen) atoms. The van der Waals surface area contributed by atoms with Gasteiger partial charge < -0.3 is 15.2 Å². The molecule has 0 heterocycles. The van der Waals surface area contributed by atoms with Gasteiger partial charge in [0, 0.05) is 13.7 Å². The van der Waals surface area contributed by atoms with E-state index in [0.29, 0.717) is 18.7 Å². The second kappa shape index (κ2) is 6.84. The topological polar surface area (TPSA) is 65.3 Å². The number of methoxy groups -OCH3 is 1. The van der Waals surface area contributed by atoms with E-state index in [1.807, 2.05) is 0 Å². The van der Waals surface area contributed by atoms with E-state index >= 15 is 0 Å². The van der Waals surface area contributed by atoms with Gasteiger partial charge >= 0.3 is 0 Å². The summed E-state index contributed by atoms with van der Waals surface area (Å²) in [4.78, 5) is 0. The van der Waals surface area contributed by atoms with Crippen LogP contribution in [0.2, 0.25) is 0 Å². The van der Waals surface area contributed by atoms with Crippen LogP contribution in [0.3, 0.4) is 0 Å². The number of anilines is 1. The van der Waals surface area contributed by atoms with Crippen molar-refractivity contribution in [3.05, 3.63) is 29.6 Å². The van der Waals surface area contributed by atoms with Gasteiger partial charge in [0.1, 0.15) is 17.4 Å². The summed E-state index contributed by atoms with van der Waals surface area (Å²) in [6, 6.07) is 6.20. The van der Waals surface area contributed by atoms with Crippen LogP contribution in [0.5, 0.6) is 0 Å². The highest BCUT2D eigenvalue weighted by atomic mass is 19.1. The first-order chi connectivity index (χ1) is 8.19. The molecule has 0 spiro atoms. The summed E-state index contributed by atoms with van der Waals surface area (Å²) < 4.78 is 18.0. The Morgan fingerprint density at radius 1 is 1.59 bits per heavy atom. The molecule has 0 aliphatic heterocycles. The Morgan fingerprint density at radius 2 is 2.35 bits per heavy atom. The minimum absolute atomic E-state index is 0.00580. The number of nitriles is 1. The molecule has 0 radical (unpaired) electrons. The van der Waals surface area contributed by atoms with Gasteiger partial charge in [-0.15, -0.1) is 0 Å². The third kappa shape index (κ3) is 4.02. The number of benzene rings is 1. The molecule has 1 unspecified atom stereocenters. The van der Waals surface area contributed by atoms with Crippen LogP contribution < -0.4 is 5.32 Å². The quantitative estimate of drug-likeness (QED) is 0.788.